The van der Waals surface area contributed by atoms with E-state index < -0.39 is 5.97 Å². The predicted molar refractivity (Wildman–Crippen MR) is 92.1 cm³/mol. The molecule has 1 aromatic carbocycles. The summed E-state index contributed by atoms with van der Waals surface area (Å²) < 4.78 is 0. The largest absolute Gasteiger partial charge is 0.550 e. The summed E-state index contributed by atoms with van der Waals surface area (Å²) in [6.45, 7) is 7.31. The number of hydrogen-bond donors (Lipinski definition) is 1. The molecule has 1 aliphatic heterocycles. The lowest BCUT2D eigenvalue weighted by Gasteiger charge is -2.20. The van der Waals surface area contributed by atoms with Gasteiger partial charge in [-0.3, -0.25) is 4.90 Å². The van der Waals surface area contributed by atoms with E-state index in [4.69, 9.17) is 9.90 Å². The molecule has 132 valence electrons. The molecule has 0 saturated heterocycles. The van der Waals surface area contributed by atoms with Crippen molar-refractivity contribution in [1.82, 2.24) is 4.90 Å². The van der Waals surface area contributed by atoms with Crippen LogP contribution in [0.25, 0.3) is 0 Å². The Labute approximate surface area is 143 Å². The molecule has 2 atom stereocenters. The maximum Gasteiger partial charge on any atom is 0.305 e. The zero-order valence-corrected chi connectivity index (χ0v) is 14.9. The van der Waals surface area contributed by atoms with E-state index in [1.54, 1.807) is 6.34 Å². The van der Waals surface area contributed by atoms with Crippen molar-refractivity contribution in [2.75, 3.05) is 32.1 Å². The van der Waals surface area contributed by atoms with Crippen molar-refractivity contribution in [3.8, 4) is 0 Å². The molecule has 2 rings (SSSR count). The van der Waals surface area contributed by atoms with Crippen LogP contribution < -0.4 is 15.0 Å². The molecule has 0 saturated carbocycles. The molecule has 0 radical (unpaired) electrons. The van der Waals surface area contributed by atoms with Gasteiger partial charge in [0.15, 0.2) is 6.34 Å². The Morgan fingerprint density at radius 3 is 2.29 bits per heavy atom. The molecule has 0 amide bonds. The van der Waals surface area contributed by atoms with Gasteiger partial charge in [-0.1, -0.05) is 5.10 Å². The first-order valence-electron chi connectivity index (χ1n) is 7.92. The normalized spacial score (nSPS) is 19.3. The second-order valence-electron chi connectivity index (χ2n) is 5.32. The Hall–Kier alpha value is -2.48. The van der Waals surface area contributed by atoms with E-state index in [2.05, 4.69) is 46.2 Å². The Morgan fingerprint density at radius 2 is 1.88 bits per heavy atom. The number of carbonyl (C=O) groups excluding carboxylic acids is 1. The van der Waals surface area contributed by atoms with Crippen LogP contribution in [0, 0.1) is 0 Å². The van der Waals surface area contributed by atoms with Crippen LogP contribution in [0.3, 0.4) is 0 Å². The Kier molecular flexibility index (Phi) is 7.84. The summed E-state index contributed by atoms with van der Waals surface area (Å²) in [6.07, 6.45) is 1.71. The number of anilines is 1. The fourth-order valence-electron chi connectivity index (χ4n) is 2.21. The summed E-state index contributed by atoms with van der Waals surface area (Å²) in [4.78, 5) is 13.1. The summed E-state index contributed by atoms with van der Waals surface area (Å²) in [5.74, 6) is -1.08. The minimum atomic E-state index is -1.08. The number of azo groups is 1. The molecule has 0 spiro atoms. The molecular weight excluding hydrogens is 308 g/mol. The van der Waals surface area contributed by atoms with Gasteiger partial charge in [0.05, 0.1) is 12.7 Å². The van der Waals surface area contributed by atoms with Crippen molar-refractivity contribution in [3.63, 3.8) is 0 Å². The zero-order chi connectivity index (χ0) is 18.1. The topological polar surface area (TPSA) is 88.1 Å². The van der Waals surface area contributed by atoms with E-state index in [0.717, 1.165) is 30.7 Å². The molecule has 0 aliphatic carbocycles. The molecule has 8 heteroatoms. The predicted octanol–water partition coefficient (Wildman–Crippen LogP) is 0.0597. The van der Waals surface area contributed by atoms with Crippen LogP contribution in [0.15, 0.2) is 39.6 Å². The monoisotopic (exact) mass is 334 g/mol. The Bertz CT molecular complexity index is 552. The van der Waals surface area contributed by atoms with Crippen LogP contribution >= 0.6 is 0 Å². The third kappa shape index (κ3) is 5.96. The molecule has 1 aliphatic rings. The zero-order valence-electron chi connectivity index (χ0n) is 14.9. The summed E-state index contributed by atoms with van der Waals surface area (Å²) in [5.41, 5.74) is 2.09. The Morgan fingerprint density at radius 1 is 1.33 bits per heavy atom. The third-order valence-corrected chi connectivity index (χ3v) is 3.46. The first kappa shape index (κ1) is 19.6. The molecule has 0 fully saturated rings. The number of carbonyl (C=O) groups is 1. The molecule has 1 aromatic rings. The number of nitrogens with one attached hydrogen (secondary N) is 1. The lowest BCUT2D eigenvalue weighted by molar-refractivity contribution is -0.914. The first-order valence-corrected chi connectivity index (χ1v) is 7.92. The van der Waals surface area contributed by atoms with Gasteiger partial charge in [0.2, 0.25) is 0 Å². The van der Waals surface area contributed by atoms with Crippen molar-refractivity contribution in [2.45, 2.75) is 27.1 Å². The number of carboxylic acids is 1. The number of quaternary nitrogens is 1. The standard InChI is InChI=1S/C14H22N6.C2H4O2/c1-5-20(6-2)13-9-7-12(8-10-13)16-17-14-18(3)11-15-19(14)4;1-2(3)4/h7-11,14H,5-6H2,1-4H3;1H3,(H,3,4). The van der Waals surface area contributed by atoms with Crippen molar-refractivity contribution in [2.24, 2.45) is 15.3 Å². The van der Waals surface area contributed by atoms with Gasteiger partial charge in [0.1, 0.15) is 0 Å². The summed E-state index contributed by atoms with van der Waals surface area (Å²) in [6, 6.07) is 8.18. The van der Waals surface area contributed by atoms with Crippen LogP contribution in [0.4, 0.5) is 11.4 Å². The average Bonchev–Trinajstić information content (AvgIpc) is 2.86. The second-order valence-corrected chi connectivity index (χ2v) is 5.32. The first-order chi connectivity index (χ1) is 11.4. The molecule has 1 N–H and O–H groups in total. The van der Waals surface area contributed by atoms with Gasteiger partial charge in [0, 0.05) is 31.8 Å². The maximum absolute atomic E-state index is 8.89. The average molecular weight is 334 g/mol. The van der Waals surface area contributed by atoms with Crippen LogP contribution in [0.2, 0.25) is 0 Å². The van der Waals surface area contributed by atoms with E-state index in [9.17, 15) is 0 Å². The van der Waals surface area contributed by atoms with E-state index in [1.165, 1.54) is 5.69 Å². The van der Waals surface area contributed by atoms with Gasteiger partial charge in [-0.25, -0.2) is 0 Å². The van der Waals surface area contributed by atoms with Crippen LogP contribution in [0.1, 0.15) is 20.8 Å². The van der Waals surface area contributed by atoms with Gasteiger partial charge < -0.3 is 14.8 Å². The number of aliphatic carboxylic acids is 1. The van der Waals surface area contributed by atoms with Crippen molar-refractivity contribution < 1.29 is 14.9 Å². The minimum absolute atomic E-state index is 0.0718. The minimum Gasteiger partial charge on any atom is -0.550 e. The summed E-state index contributed by atoms with van der Waals surface area (Å²) in [5, 5.41) is 22.7. The Balaban J connectivity index is 0.000000648. The number of benzene rings is 1. The fourth-order valence-corrected chi connectivity index (χ4v) is 2.21. The van der Waals surface area contributed by atoms with E-state index >= 15 is 0 Å². The third-order valence-electron chi connectivity index (χ3n) is 3.46. The lowest BCUT2D eigenvalue weighted by Crippen LogP contribution is -3.07. The van der Waals surface area contributed by atoms with Crippen molar-refractivity contribution >= 4 is 23.7 Å². The number of rotatable bonds is 5. The van der Waals surface area contributed by atoms with Crippen LogP contribution in [-0.4, -0.2) is 50.7 Å². The molecule has 0 bridgehead atoms. The van der Waals surface area contributed by atoms with Crippen molar-refractivity contribution in [1.29, 1.82) is 0 Å². The summed E-state index contributed by atoms with van der Waals surface area (Å²) in [7, 11) is 3.92. The second kappa shape index (κ2) is 9.61. The van der Waals surface area contributed by atoms with Gasteiger partial charge in [-0.15, -0.1) is 10.2 Å². The fraction of sp³-hybridized carbons (Fsp3) is 0.500. The number of nitrogens with zero attached hydrogens (tertiary/aromatic N) is 5. The SMILES string of the molecule is CC(=O)[O-].CCN(CC)c1ccc(N=NC2N(C)C=N[NH+]2C)cc1. The van der Waals surface area contributed by atoms with Gasteiger partial charge in [0.25, 0.3) is 0 Å². The highest BCUT2D eigenvalue weighted by Gasteiger charge is 2.26. The quantitative estimate of drug-likeness (QED) is 0.771. The van der Waals surface area contributed by atoms with E-state index in [1.807, 2.05) is 31.1 Å². The number of hydrogen-bond acceptors (Lipinski definition) is 7. The van der Waals surface area contributed by atoms with Gasteiger partial charge in [-0.2, -0.15) is 5.01 Å². The highest BCUT2D eigenvalue weighted by Crippen LogP contribution is 2.20. The molecular formula is C16H26N6O2. The lowest BCUT2D eigenvalue weighted by atomic mass is 10.2. The molecule has 1 heterocycles. The van der Waals surface area contributed by atoms with Gasteiger partial charge in [-0.05, 0) is 45.0 Å². The summed E-state index contributed by atoms with van der Waals surface area (Å²) >= 11 is 0. The van der Waals surface area contributed by atoms with E-state index in [-0.39, 0.29) is 6.29 Å². The maximum atomic E-state index is 8.89. The molecule has 0 aromatic heterocycles. The van der Waals surface area contributed by atoms with Crippen molar-refractivity contribution in [3.05, 3.63) is 24.3 Å². The van der Waals surface area contributed by atoms with Crippen LogP contribution in [-0.2, 0) is 4.79 Å². The van der Waals surface area contributed by atoms with E-state index in [0.29, 0.717) is 0 Å². The highest BCUT2D eigenvalue weighted by atomic mass is 16.4. The van der Waals surface area contributed by atoms with Gasteiger partial charge >= 0.3 is 6.29 Å². The number of carboxylic acid groups (broad SMARTS) is 1. The smallest absolute Gasteiger partial charge is 0.305 e. The van der Waals surface area contributed by atoms with Crippen LogP contribution in [0.5, 0.6) is 0 Å². The molecule has 8 nitrogen and oxygen atoms in total. The molecule has 2 unspecified atom stereocenters. The molecule has 24 heavy (non-hydrogen) atoms. The highest BCUT2D eigenvalue weighted by molar-refractivity contribution is 5.60.